The Morgan fingerprint density at radius 1 is 1.46 bits per heavy atom. The van der Waals surface area contributed by atoms with Crippen molar-refractivity contribution >= 4 is 28.5 Å². The summed E-state index contributed by atoms with van der Waals surface area (Å²) in [5.41, 5.74) is 1.85. The number of aryl methyl sites for hydroxylation is 1. The summed E-state index contributed by atoms with van der Waals surface area (Å²) in [4.78, 5) is 18.6. The van der Waals surface area contributed by atoms with E-state index in [1.165, 1.54) is 0 Å². The molecule has 1 aliphatic rings. The van der Waals surface area contributed by atoms with Crippen molar-refractivity contribution in [3.05, 3.63) is 41.8 Å². The predicted octanol–water partition coefficient (Wildman–Crippen LogP) is 3.06. The van der Waals surface area contributed by atoms with Crippen LogP contribution >= 0.6 is 22.6 Å². The highest BCUT2D eigenvalue weighted by atomic mass is 127. The summed E-state index contributed by atoms with van der Waals surface area (Å²) in [5, 5.41) is 12.5. The number of carbonyl (C=O) groups is 1. The molecule has 7 heteroatoms. The topological polar surface area (TPSA) is 82.2 Å². The second kappa shape index (κ2) is 8.18. The number of hydrogen-bond donors (Lipinski definition) is 1. The van der Waals surface area contributed by atoms with Gasteiger partial charge >= 0.3 is 0 Å². The molecule has 0 bridgehead atoms. The number of amides is 1. The Morgan fingerprint density at radius 2 is 2.23 bits per heavy atom. The number of likely N-dealkylation sites (tertiary alicyclic amines) is 1. The van der Waals surface area contributed by atoms with Crippen molar-refractivity contribution < 1.29 is 9.21 Å². The standard InChI is InChI=1S/C19H21IN4O2/c1-14-16(23-18(26-14)15-6-3-2-4-7-15)8-10-22-12-17(25)24-11-5-9-19(24,20)13-21/h2-4,6-7,22H,5,8-12H2,1H3/t19-/m1/s1. The van der Waals surface area contributed by atoms with Crippen LogP contribution in [0.5, 0.6) is 0 Å². The van der Waals surface area contributed by atoms with Crippen LogP contribution in [0.4, 0.5) is 0 Å². The molecule has 1 fully saturated rings. The summed E-state index contributed by atoms with van der Waals surface area (Å²) in [6.45, 7) is 3.41. The summed E-state index contributed by atoms with van der Waals surface area (Å²) < 4.78 is 5.06. The number of nitrogens with one attached hydrogen (secondary N) is 1. The van der Waals surface area contributed by atoms with Gasteiger partial charge in [-0.1, -0.05) is 18.2 Å². The molecule has 136 valence electrons. The van der Waals surface area contributed by atoms with Gasteiger partial charge in [0.1, 0.15) is 11.8 Å². The number of carbonyl (C=O) groups excluding carboxylic acids is 1. The van der Waals surface area contributed by atoms with E-state index in [0.717, 1.165) is 29.9 Å². The van der Waals surface area contributed by atoms with Crippen molar-refractivity contribution in [2.75, 3.05) is 19.6 Å². The molecule has 1 aromatic heterocycles. The van der Waals surface area contributed by atoms with E-state index in [4.69, 9.17) is 4.42 Å². The lowest BCUT2D eigenvalue weighted by molar-refractivity contribution is -0.130. The molecule has 0 spiro atoms. The summed E-state index contributed by atoms with van der Waals surface area (Å²) in [7, 11) is 0. The number of halogens is 1. The molecule has 1 amide bonds. The van der Waals surface area contributed by atoms with Crippen molar-refractivity contribution in [2.45, 2.75) is 29.7 Å². The zero-order valence-corrected chi connectivity index (χ0v) is 16.8. The molecule has 0 aliphatic carbocycles. The lowest BCUT2D eigenvalue weighted by Gasteiger charge is -2.27. The van der Waals surface area contributed by atoms with Crippen LogP contribution in [0.2, 0.25) is 0 Å². The first-order valence-corrected chi connectivity index (χ1v) is 9.74. The second-order valence-electron chi connectivity index (χ2n) is 6.33. The smallest absolute Gasteiger partial charge is 0.238 e. The van der Waals surface area contributed by atoms with Gasteiger partial charge in [-0.25, -0.2) is 4.98 Å². The molecule has 1 aliphatic heterocycles. The summed E-state index contributed by atoms with van der Waals surface area (Å²) in [5.74, 6) is 1.39. The minimum atomic E-state index is -0.691. The fraction of sp³-hybridized carbons (Fsp3) is 0.421. The number of hydrogen-bond acceptors (Lipinski definition) is 5. The lowest BCUT2D eigenvalue weighted by atomic mass is 10.2. The van der Waals surface area contributed by atoms with E-state index in [0.29, 0.717) is 25.4 Å². The third-order valence-corrected chi connectivity index (χ3v) is 5.88. The molecule has 2 heterocycles. The molecule has 0 radical (unpaired) electrons. The van der Waals surface area contributed by atoms with Crippen molar-refractivity contribution in [3.8, 4) is 17.5 Å². The van der Waals surface area contributed by atoms with E-state index in [1.54, 1.807) is 4.90 Å². The minimum absolute atomic E-state index is 0.0275. The molecule has 26 heavy (non-hydrogen) atoms. The van der Waals surface area contributed by atoms with E-state index in [2.05, 4.69) is 39.0 Å². The van der Waals surface area contributed by atoms with Crippen LogP contribution in [0.3, 0.4) is 0 Å². The highest BCUT2D eigenvalue weighted by Crippen LogP contribution is 2.34. The van der Waals surface area contributed by atoms with Gasteiger partial charge in [-0.3, -0.25) is 4.79 Å². The second-order valence-corrected chi connectivity index (χ2v) is 8.12. The molecular formula is C19H21IN4O2. The van der Waals surface area contributed by atoms with Crippen LogP contribution in [-0.2, 0) is 11.2 Å². The predicted molar refractivity (Wildman–Crippen MR) is 107 cm³/mol. The summed E-state index contributed by atoms with van der Waals surface area (Å²) in [6, 6.07) is 12.0. The zero-order valence-electron chi connectivity index (χ0n) is 14.7. The highest BCUT2D eigenvalue weighted by Gasteiger charge is 2.41. The van der Waals surface area contributed by atoms with Gasteiger partial charge in [0.05, 0.1) is 12.2 Å². The molecule has 3 rings (SSSR count). The van der Waals surface area contributed by atoms with Gasteiger partial charge in [0.15, 0.2) is 3.55 Å². The summed E-state index contributed by atoms with van der Waals surface area (Å²) in [6.07, 6.45) is 2.29. The number of aromatic nitrogens is 1. The maximum Gasteiger partial charge on any atom is 0.238 e. The van der Waals surface area contributed by atoms with Crippen LogP contribution in [-0.4, -0.2) is 39.0 Å². The molecule has 1 saturated heterocycles. The van der Waals surface area contributed by atoms with E-state index in [-0.39, 0.29) is 12.5 Å². The van der Waals surface area contributed by atoms with Crippen molar-refractivity contribution in [1.29, 1.82) is 5.26 Å². The first kappa shape index (κ1) is 18.9. The van der Waals surface area contributed by atoms with Gasteiger partial charge in [0.25, 0.3) is 0 Å². The molecule has 6 nitrogen and oxygen atoms in total. The number of rotatable bonds is 6. The molecular weight excluding hydrogens is 443 g/mol. The van der Waals surface area contributed by atoms with E-state index in [9.17, 15) is 10.1 Å². The quantitative estimate of drug-likeness (QED) is 0.308. The Kier molecular flexibility index (Phi) is 5.94. The first-order chi connectivity index (χ1) is 12.5. The third kappa shape index (κ3) is 4.07. The van der Waals surface area contributed by atoms with Gasteiger partial charge in [0, 0.05) is 25.1 Å². The van der Waals surface area contributed by atoms with Crippen molar-refractivity contribution in [3.63, 3.8) is 0 Å². The Morgan fingerprint density at radius 3 is 2.96 bits per heavy atom. The third-order valence-electron chi connectivity index (χ3n) is 4.52. The fourth-order valence-electron chi connectivity index (χ4n) is 3.08. The number of nitrogens with zero attached hydrogens (tertiary/aromatic N) is 3. The van der Waals surface area contributed by atoms with Crippen LogP contribution in [0, 0.1) is 18.3 Å². The molecule has 2 aromatic rings. The maximum absolute atomic E-state index is 12.4. The molecule has 1 atom stereocenters. The van der Waals surface area contributed by atoms with Crippen LogP contribution in [0.25, 0.3) is 11.5 Å². The Bertz CT molecular complexity index is 815. The van der Waals surface area contributed by atoms with Crippen LogP contribution in [0.15, 0.2) is 34.7 Å². The maximum atomic E-state index is 12.4. The Balaban J connectivity index is 1.51. The van der Waals surface area contributed by atoms with Crippen LogP contribution in [0.1, 0.15) is 24.3 Å². The van der Waals surface area contributed by atoms with Gasteiger partial charge < -0.3 is 14.6 Å². The monoisotopic (exact) mass is 464 g/mol. The minimum Gasteiger partial charge on any atom is -0.441 e. The van der Waals surface area contributed by atoms with Gasteiger partial charge in [-0.2, -0.15) is 5.26 Å². The van der Waals surface area contributed by atoms with Gasteiger partial charge in [0.2, 0.25) is 11.8 Å². The Labute approximate surface area is 166 Å². The van der Waals surface area contributed by atoms with E-state index in [1.807, 2.05) is 37.3 Å². The van der Waals surface area contributed by atoms with Crippen molar-refractivity contribution in [1.82, 2.24) is 15.2 Å². The molecule has 1 N–H and O–H groups in total. The number of oxazole rings is 1. The zero-order chi connectivity index (χ0) is 18.6. The highest BCUT2D eigenvalue weighted by molar-refractivity contribution is 14.1. The number of benzene rings is 1. The van der Waals surface area contributed by atoms with E-state index < -0.39 is 3.55 Å². The lowest BCUT2D eigenvalue weighted by Crippen LogP contribution is -2.45. The molecule has 0 saturated carbocycles. The normalized spacial score (nSPS) is 19.5. The van der Waals surface area contributed by atoms with E-state index >= 15 is 0 Å². The largest absolute Gasteiger partial charge is 0.441 e. The van der Waals surface area contributed by atoms with Gasteiger partial charge in [-0.15, -0.1) is 0 Å². The number of nitriles is 1. The van der Waals surface area contributed by atoms with Crippen molar-refractivity contribution in [2.24, 2.45) is 0 Å². The average molecular weight is 464 g/mol. The van der Waals surface area contributed by atoms with Gasteiger partial charge in [-0.05, 0) is 54.5 Å². The average Bonchev–Trinajstić information content (AvgIpc) is 3.23. The molecule has 0 unspecified atom stereocenters. The molecule has 1 aromatic carbocycles. The van der Waals surface area contributed by atoms with Crippen LogP contribution < -0.4 is 5.32 Å². The fourth-order valence-corrected chi connectivity index (χ4v) is 3.98. The Hall–Kier alpha value is -1.92. The summed E-state index contributed by atoms with van der Waals surface area (Å²) >= 11 is 2.08. The first-order valence-electron chi connectivity index (χ1n) is 8.66. The SMILES string of the molecule is Cc1oc(-c2ccccc2)nc1CCNCC(=O)N1CCC[C@]1(I)C#N. The number of alkyl halides is 1.